The van der Waals surface area contributed by atoms with Gasteiger partial charge in [-0.15, -0.1) is 0 Å². The van der Waals surface area contributed by atoms with Crippen LogP contribution in [0.2, 0.25) is 0 Å². The Bertz CT molecular complexity index is 1890. The minimum atomic E-state index is -4.96. The zero-order valence-corrected chi connectivity index (χ0v) is 64.8. The van der Waals surface area contributed by atoms with Crippen LogP contribution in [0.15, 0.2) is 0 Å². The molecule has 0 aliphatic heterocycles. The fourth-order valence-corrected chi connectivity index (χ4v) is 13.2. The summed E-state index contributed by atoms with van der Waals surface area (Å²) < 4.78 is 68.5. The van der Waals surface area contributed by atoms with E-state index in [0.717, 1.165) is 120 Å². The second-order valence-corrected chi connectivity index (χ2v) is 32.1. The summed E-state index contributed by atoms with van der Waals surface area (Å²) in [6.45, 7) is 14.2. The molecule has 0 saturated heterocycles. The monoisotopic (exact) mass is 1410 g/mol. The summed E-state index contributed by atoms with van der Waals surface area (Å²) in [7, 11) is -9.91. The highest BCUT2D eigenvalue weighted by molar-refractivity contribution is 7.47. The largest absolute Gasteiger partial charge is 0.472 e. The number of unbranched alkanes of at least 4 members (excludes halogenated alkanes) is 38. The summed E-state index contributed by atoms with van der Waals surface area (Å²) in [5.74, 6) is 0.957. The van der Waals surface area contributed by atoms with Crippen molar-refractivity contribution in [1.82, 2.24) is 0 Å². The molecule has 0 amide bonds. The van der Waals surface area contributed by atoms with Crippen LogP contribution in [-0.2, 0) is 65.4 Å². The Hall–Kier alpha value is -1.94. The lowest BCUT2D eigenvalue weighted by Gasteiger charge is -2.21. The molecular formula is C77H150O17P2. The predicted octanol–water partition coefficient (Wildman–Crippen LogP) is 22.4. The molecule has 0 fully saturated rings. The maximum absolute atomic E-state index is 13.1. The molecule has 4 unspecified atom stereocenters. The minimum Gasteiger partial charge on any atom is -0.462 e. The first-order valence-corrected chi connectivity index (χ1v) is 42.8. The van der Waals surface area contributed by atoms with E-state index in [2.05, 4.69) is 55.4 Å². The summed E-state index contributed by atoms with van der Waals surface area (Å²) >= 11 is 0. The van der Waals surface area contributed by atoms with Gasteiger partial charge in [-0.2, -0.15) is 0 Å². The van der Waals surface area contributed by atoms with Gasteiger partial charge in [0.2, 0.25) is 0 Å². The van der Waals surface area contributed by atoms with Crippen molar-refractivity contribution >= 4 is 39.5 Å². The van der Waals surface area contributed by atoms with E-state index >= 15 is 0 Å². The molecule has 0 aromatic carbocycles. The van der Waals surface area contributed by atoms with Gasteiger partial charge < -0.3 is 33.8 Å². The van der Waals surface area contributed by atoms with E-state index in [-0.39, 0.29) is 25.7 Å². The van der Waals surface area contributed by atoms with Crippen LogP contribution in [0.25, 0.3) is 0 Å². The van der Waals surface area contributed by atoms with Crippen LogP contribution >= 0.6 is 15.6 Å². The molecule has 0 aliphatic carbocycles. The van der Waals surface area contributed by atoms with Crippen molar-refractivity contribution in [3.05, 3.63) is 0 Å². The smallest absolute Gasteiger partial charge is 0.462 e. The number of aliphatic hydroxyl groups excluding tert-OH is 1. The average Bonchev–Trinajstić information content (AvgIpc) is 1.54. The van der Waals surface area contributed by atoms with Crippen LogP contribution < -0.4 is 0 Å². The molecule has 96 heavy (non-hydrogen) atoms. The normalized spacial score (nSPS) is 14.7. The third kappa shape index (κ3) is 67.9. The van der Waals surface area contributed by atoms with Crippen molar-refractivity contribution < 1.29 is 80.2 Å². The van der Waals surface area contributed by atoms with Crippen molar-refractivity contribution in [2.45, 2.75) is 408 Å². The maximum Gasteiger partial charge on any atom is 0.472 e. The van der Waals surface area contributed by atoms with Crippen LogP contribution in [0.5, 0.6) is 0 Å². The van der Waals surface area contributed by atoms with Gasteiger partial charge in [-0.1, -0.05) is 338 Å². The van der Waals surface area contributed by atoms with E-state index in [0.29, 0.717) is 25.7 Å². The summed E-state index contributed by atoms with van der Waals surface area (Å²) in [5, 5.41) is 10.6. The van der Waals surface area contributed by atoms with E-state index < -0.39 is 97.5 Å². The van der Waals surface area contributed by atoms with Crippen LogP contribution in [0.3, 0.4) is 0 Å². The Morgan fingerprint density at radius 3 is 0.740 bits per heavy atom. The lowest BCUT2D eigenvalue weighted by molar-refractivity contribution is -0.161. The quantitative estimate of drug-likeness (QED) is 0.0222. The predicted molar refractivity (Wildman–Crippen MR) is 391 cm³/mol. The van der Waals surface area contributed by atoms with Crippen molar-refractivity contribution in [2.75, 3.05) is 39.6 Å². The molecule has 3 N–H and O–H groups in total. The van der Waals surface area contributed by atoms with Gasteiger partial charge in [-0.3, -0.25) is 37.3 Å². The number of carbonyl (C=O) groups is 4. The zero-order chi connectivity index (χ0) is 71.0. The summed E-state index contributed by atoms with van der Waals surface area (Å²) in [5.41, 5.74) is 0. The topological polar surface area (TPSA) is 237 Å². The fraction of sp³-hybridized carbons (Fsp3) is 0.948. The summed E-state index contributed by atoms with van der Waals surface area (Å²) in [6, 6.07) is 0. The molecule has 0 rings (SSSR count). The summed E-state index contributed by atoms with van der Waals surface area (Å²) in [6.07, 6.45) is 51.5. The number of rotatable bonds is 74. The average molecular weight is 1410 g/mol. The Labute approximate surface area is 588 Å². The van der Waals surface area contributed by atoms with Crippen molar-refractivity contribution in [2.24, 2.45) is 23.7 Å². The molecule has 0 spiro atoms. The van der Waals surface area contributed by atoms with Crippen LogP contribution in [0, 0.1) is 23.7 Å². The molecule has 0 aromatic heterocycles. The van der Waals surface area contributed by atoms with Crippen molar-refractivity contribution in [1.29, 1.82) is 0 Å². The molecule has 0 bridgehead atoms. The maximum atomic E-state index is 13.1. The number of carbonyl (C=O) groups excluding carboxylic acids is 4. The minimum absolute atomic E-state index is 0.105. The van der Waals surface area contributed by atoms with Gasteiger partial charge in [0.15, 0.2) is 12.2 Å². The molecular weight excluding hydrogens is 1260 g/mol. The van der Waals surface area contributed by atoms with Gasteiger partial charge in [0.05, 0.1) is 26.4 Å². The fourth-order valence-electron chi connectivity index (χ4n) is 11.7. The zero-order valence-electron chi connectivity index (χ0n) is 63.0. The van der Waals surface area contributed by atoms with Gasteiger partial charge >= 0.3 is 39.5 Å². The number of phosphoric acid groups is 2. The Balaban J connectivity index is 5.18. The Morgan fingerprint density at radius 2 is 0.500 bits per heavy atom. The molecule has 0 aromatic rings. The van der Waals surface area contributed by atoms with Crippen LogP contribution in [0.1, 0.15) is 389 Å². The SMILES string of the molecule is CCC(C)CCCCCCCCCCCCCCCCCCCCC(=O)O[C@H](COC(=O)CCCCCCCCC(C)CC)COP(=O)(O)OC[C@H](O)COP(=O)(O)OC[C@@H](COC(=O)CCCCCCCCCCC(C)C)OC(=O)CCCCCCCCCCCCC(C)C. The standard InChI is InChI=1S/C77H150O17P2/c1-9-69(7)55-47-39-31-24-19-17-15-13-11-12-14-16-18-20-25-33-43-51-59-76(81)94-73(64-88-75(80)58-50-42-36-35-40-48-56-70(8)10-2)66-92-96(85,86)90-62-71(78)61-89-95(83,84)91-65-72(63-87-74(79)57-49-41-32-28-27-30-38-46-54-68(5)6)93-77(82)60-52-44-34-26-22-21-23-29-37-45-53-67(3)4/h67-73,78H,9-66H2,1-8H3,(H,83,84)(H,85,86)/t69?,70?,71-,72-,73-/m1/s1. The van der Waals surface area contributed by atoms with Crippen LogP contribution in [0.4, 0.5) is 0 Å². The molecule has 19 heteroatoms. The Kier molecular flexibility index (Phi) is 65.0. The van der Waals surface area contributed by atoms with Gasteiger partial charge in [-0.25, -0.2) is 9.13 Å². The first kappa shape index (κ1) is 94.1. The highest BCUT2D eigenvalue weighted by Gasteiger charge is 2.30. The van der Waals surface area contributed by atoms with Crippen LogP contribution in [-0.4, -0.2) is 96.7 Å². The van der Waals surface area contributed by atoms with E-state index in [4.69, 9.17) is 37.0 Å². The first-order chi connectivity index (χ1) is 46.2. The lowest BCUT2D eigenvalue weighted by atomic mass is 9.99. The number of phosphoric ester groups is 2. The van der Waals surface area contributed by atoms with Gasteiger partial charge in [0.1, 0.15) is 19.3 Å². The van der Waals surface area contributed by atoms with E-state index in [9.17, 15) is 43.2 Å². The number of hydrogen-bond acceptors (Lipinski definition) is 15. The van der Waals surface area contributed by atoms with Gasteiger partial charge in [0.25, 0.3) is 0 Å². The van der Waals surface area contributed by atoms with Gasteiger partial charge in [-0.05, 0) is 49.4 Å². The van der Waals surface area contributed by atoms with E-state index in [1.165, 1.54) is 186 Å². The molecule has 0 radical (unpaired) electrons. The molecule has 0 saturated carbocycles. The number of hydrogen-bond donors (Lipinski definition) is 3. The van der Waals surface area contributed by atoms with Crippen molar-refractivity contribution in [3.63, 3.8) is 0 Å². The molecule has 17 nitrogen and oxygen atoms in total. The first-order valence-electron chi connectivity index (χ1n) is 39.8. The van der Waals surface area contributed by atoms with E-state index in [1.54, 1.807) is 0 Å². The van der Waals surface area contributed by atoms with E-state index in [1.807, 2.05) is 0 Å². The second kappa shape index (κ2) is 66.3. The van der Waals surface area contributed by atoms with Crippen molar-refractivity contribution in [3.8, 4) is 0 Å². The highest BCUT2D eigenvalue weighted by atomic mass is 31.2. The molecule has 570 valence electrons. The third-order valence-corrected chi connectivity index (χ3v) is 20.4. The number of aliphatic hydroxyl groups is 1. The second-order valence-electron chi connectivity index (χ2n) is 29.2. The number of esters is 4. The lowest BCUT2D eigenvalue weighted by Crippen LogP contribution is -2.30. The highest BCUT2D eigenvalue weighted by Crippen LogP contribution is 2.45. The number of ether oxygens (including phenoxy) is 4. The molecule has 0 aliphatic rings. The molecule has 7 atom stereocenters. The Morgan fingerprint density at radius 1 is 0.292 bits per heavy atom. The molecule has 0 heterocycles. The third-order valence-electron chi connectivity index (χ3n) is 18.5. The van der Waals surface area contributed by atoms with Gasteiger partial charge in [0, 0.05) is 25.7 Å². The summed E-state index contributed by atoms with van der Waals surface area (Å²) in [4.78, 5) is 72.8.